The molecule has 10 nitrogen and oxygen atoms in total. The predicted molar refractivity (Wildman–Crippen MR) is 231 cm³/mol. The molecule has 0 aliphatic carbocycles. The van der Waals surface area contributed by atoms with Crippen LogP contribution in [-0.2, 0) is 32.7 Å². The molecule has 0 aromatic carbocycles. The van der Waals surface area contributed by atoms with Gasteiger partial charge in [0.1, 0.15) is 12.1 Å². The van der Waals surface area contributed by atoms with Gasteiger partial charge in [-0.15, -0.1) is 0 Å². The van der Waals surface area contributed by atoms with Crippen molar-refractivity contribution in [1.29, 1.82) is 0 Å². The van der Waals surface area contributed by atoms with Crippen molar-refractivity contribution in [2.75, 3.05) is 26.4 Å². The number of phosphoric acid groups is 1. The predicted octanol–water partition coefficient (Wildman–Crippen LogP) is 12.7. The van der Waals surface area contributed by atoms with Crippen molar-refractivity contribution in [1.82, 2.24) is 0 Å². The summed E-state index contributed by atoms with van der Waals surface area (Å²) >= 11 is 0. The Balaban J connectivity index is 4.19. The molecule has 4 N–H and O–H groups in total. The molecule has 0 aliphatic heterocycles. The Morgan fingerprint density at radius 2 is 0.982 bits per heavy atom. The van der Waals surface area contributed by atoms with Crippen molar-refractivity contribution < 1.29 is 42.7 Å². The summed E-state index contributed by atoms with van der Waals surface area (Å²) in [5.41, 5.74) is 5.36. The van der Waals surface area contributed by atoms with Crippen LogP contribution in [0.5, 0.6) is 0 Å². The minimum Gasteiger partial charge on any atom is -0.480 e. The monoisotopic (exact) mass is 816 g/mol. The number of aliphatic carboxylic acids is 1. The number of hydrogen-bond donors (Lipinski definition) is 3. The van der Waals surface area contributed by atoms with Crippen molar-refractivity contribution >= 4 is 19.8 Å². The number of nitrogens with two attached hydrogens (primary N) is 1. The highest BCUT2D eigenvalue weighted by molar-refractivity contribution is 7.47. The third-order valence-corrected chi connectivity index (χ3v) is 10.9. The van der Waals surface area contributed by atoms with E-state index in [2.05, 4.69) is 38.2 Å². The summed E-state index contributed by atoms with van der Waals surface area (Å²) in [6.07, 6.45) is 45.1. The van der Waals surface area contributed by atoms with Crippen molar-refractivity contribution in [3.63, 3.8) is 0 Å². The van der Waals surface area contributed by atoms with Crippen molar-refractivity contribution in [2.24, 2.45) is 5.73 Å². The third kappa shape index (κ3) is 40.6. The van der Waals surface area contributed by atoms with Gasteiger partial charge in [-0.2, -0.15) is 0 Å². The molecule has 3 atom stereocenters. The number of hydrogen-bond acceptors (Lipinski definition) is 8. The SMILES string of the molecule is CCCCC/C=C\C/C=C\CCCCCCCC(=O)OC(COCCCCCCCCCCCCCCCCCCCCC)COP(=O)(O)OCC(N)C(=O)O. The van der Waals surface area contributed by atoms with E-state index in [0.717, 1.165) is 57.8 Å². The van der Waals surface area contributed by atoms with E-state index in [1.54, 1.807) is 0 Å². The Labute approximate surface area is 343 Å². The normalized spacial score (nSPS) is 14.1. The van der Waals surface area contributed by atoms with Crippen LogP contribution in [0.25, 0.3) is 0 Å². The summed E-state index contributed by atoms with van der Waals surface area (Å²) in [7, 11) is -4.62. The van der Waals surface area contributed by atoms with Gasteiger partial charge in [-0.25, -0.2) is 4.57 Å². The topological polar surface area (TPSA) is 155 Å². The Kier molecular flexibility index (Phi) is 40.5. The van der Waals surface area contributed by atoms with Crippen LogP contribution < -0.4 is 5.73 Å². The lowest BCUT2D eigenvalue weighted by Gasteiger charge is -2.20. The lowest BCUT2D eigenvalue weighted by Crippen LogP contribution is -2.34. The van der Waals surface area contributed by atoms with Crippen molar-refractivity contribution in [2.45, 2.75) is 225 Å². The minimum absolute atomic E-state index is 0.0155. The number of ether oxygens (including phenoxy) is 2. The summed E-state index contributed by atoms with van der Waals surface area (Å²) < 4.78 is 33.4. The second-order valence-electron chi connectivity index (χ2n) is 15.5. The fourth-order valence-corrected chi connectivity index (χ4v) is 7.18. The number of carbonyl (C=O) groups is 2. The summed E-state index contributed by atoms with van der Waals surface area (Å²) in [6, 6.07) is -1.47. The molecule has 11 heteroatoms. The lowest BCUT2D eigenvalue weighted by atomic mass is 10.0. The van der Waals surface area contributed by atoms with Gasteiger partial charge in [0.05, 0.1) is 19.8 Å². The molecule has 0 fully saturated rings. The van der Waals surface area contributed by atoms with Crippen LogP contribution in [0.2, 0.25) is 0 Å². The summed E-state index contributed by atoms with van der Waals surface area (Å²) in [6.45, 7) is 3.87. The zero-order chi connectivity index (χ0) is 41.2. The maximum absolute atomic E-state index is 12.6. The first-order valence-corrected chi connectivity index (χ1v) is 24.4. The quantitative estimate of drug-likeness (QED) is 0.0234. The van der Waals surface area contributed by atoms with Gasteiger partial charge in [-0.05, 0) is 44.9 Å². The molecule has 0 bridgehead atoms. The molecule has 0 aromatic heterocycles. The van der Waals surface area contributed by atoms with E-state index in [-0.39, 0.29) is 13.0 Å². The molecule has 0 aliphatic rings. The van der Waals surface area contributed by atoms with Gasteiger partial charge in [0, 0.05) is 13.0 Å². The van der Waals surface area contributed by atoms with Gasteiger partial charge in [-0.3, -0.25) is 18.6 Å². The van der Waals surface area contributed by atoms with E-state index in [0.29, 0.717) is 13.0 Å². The Bertz CT molecular complexity index is 993. The molecular weight excluding hydrogens is 729 g/mol. The van der Waals surface area contributed by atoms with Crippen LogP contribution in [0.4, 0.5) is 0 Å². The molecule has 0 rings (SSSR count). The summed E-state index contributed by atoms with van der Waals surface area (Å²) in [4.78, 5) is 33.5. The molecule has 0 spiro atoms. The minimum atomic E-state index is -4.62. The zero-order valence-corrected chi connectivity index (χ0v) is 36.9. The molecule has 0 heterocycles. The number of carbonyl (C=O) groups excluding carboxylic acids is 1. The fourth-order valence-electron chi connectivity index (χ4n) is 6.40. The lowest BCUT2D eigenvalue weighted by molar-refractivity contribution is -0.154. The number of carboxylic acids is 1. The van der Waals surface area contributed by atoms with Gasteiger partial charge >= 0.3 is 19.8 Å². The standard InChI is InChI=1S/C45H86NO9P/c1-3-5-7-9-11-13-15-17-19-20-21-22-24-26-28-30-32-34-36-38-52-39-42(40-53-56(50,51)54-41-43(46)45(48)49)55-44(47)37-35-33-31-29-27-25-23-18-16-14-12-10-8-6-4-2/h12,14,18,23,42-43H,3-11,13,15-17,19-22,24-41,46H2,1-2H3,(H,48,49)(H,50,51)/b14-12-,23-18-. The number of allylic oxidation sites excluding steroid dienone is 4. The first-order chi connectivity index (χ1) is 27.2. The summed E-state index contributed by atoms with van der Waals surface area (Å²) in [5.74, 6) is -1.79. The number of unbranched alkanes of at least 4 members (excludes halogenated alkanes) is 26. The van der Waals surface area contributed by atoms with Crippen molar-refractivity contribution in [3.05, 3.63) is 24.3 Å². The second-order valence-corrected chi connectivity index (χ2v) is 17.0. The van der Waals surface area contributed by atoms with Crippen LogP contribution >= 0.6 is 7.82 Å². The molecule has 0 radical (unpaired) electrons. The highest BCUT2D eigenvalue weighted by atomic mass is 31.2. The van der Waals surface area contributed by atoms with Gasteiger partial charge in [0.25, 0.3) is 0 Å². The first-order valence-electron chi connectivity index (χ1n) is 22.9. The number of esters is 1. The van der Waals surface area contributed by atoms with Crippen LogP contribution in [0.1, 0.15) is 213 Å². The smallest absolute Gasteiger partial charge is 0.472 e. The molecule has 330 valence electrons. The highest BCUT2D eigenvalue weighted by Gasteiger charge is 2.27. The zero-order valence-electron chi connectivity index (χ0n) is 36.0. The Morgan fingerprint density at radius 1 is 0.571 bits per heavy atom. The largest absolute Gasteiger partial charge is 0.480 e. The van der Waals surface area contributed by atoms with Gasteiger partial charge in [-0.1, -0.05) is 186 Å². The third-order valence-electron chi connectivity index (χ3n) is 9.98. The highest BCUT2D eigenvalue weighted by Crippen LogP contribution is 2.43. The van der Waals surface area contributed by atoms with E-state index < -0.39 is 45.1 Å². The number of phosphoric ester groups is 1. The van der Waals surface area contributed by atoms with E-state index in [4.69, 9.17) is 29.4 Å². The average molecular weight is 816 g/mol. The molecule has 56 heavy (non-hydrogen) atoms. The van der Waals surface area contributed by atoms with Crippen molar-refractivity contribution in [3.8, 4) is 0 Å². The van der Waals surface area contributed by atoms with E-state index in [1.807, 2.05) is 0 Å². The molecule has 0 saturated heterocycles. The number of carboxylic acid groups (broad SMARTS) is 1. The Hall–Kier alpha value is -1.55. The second kappa shape index (κ2) is 41.6. The maximum atomic E-state index is 12.6. The average Bonchev–Trinajstić information content (AvgIpc) is 3.18. The molecule has 0 amide bonds. The first kappa shape index (κ1) is 54.5. The fraction of sp³-hybridized carbons (Fsp3) is 0.867. The van der Waals surface area contributed by atoms with Crippen LogP contribution in [0.15, 0.2) is 24.3 Å². The molecule has 0 aromatic rings. The van der Waals surface area contributed by atoms with Gasteiger partial charge in [0.15, 0.2) is 0 Å². The maximum Gasteiger partial charge on any atom is 0.472 e. The van der Waals surface area contributed by atoms with Gasteiger partial charge < -0.3 is 25.2 Å². The van der Waals surface area contributed by atoms with E-state index in [9.17, 15) is 19.0 Å². The molecular formula is C45H86NO9P. The molecule has 3 unspecified atom stereocenters. The van der Waals surface area contributed by atoms with Crippen LogP contribution in [0, 0.1) is 0 Å². The van der Waals surface area contributed by atoms with Crippen LogP contribution in [0.3, 0.4) is 0 Å². The van der Waals surface area contributed by atoms with E-state index >= 15 is 0 Å². The van der Waals surface area contributed by atoms with E-state index in [1.165, 1.54) is 128 Å². The molecule has 0 saturated carbocycles. The summed E-state index contributed by atoms with van der Waals surface area (Å²) in [5, 5.41) is 8.90. The Morgan fingerprint density at radius 3 is 1.48 bits per heavy atom. The number of rotatable bonds is 44. The van der Waals surface area contributed by atoms with Gasteiger partial charge in [0.2, 0.25) is 0 Å². The van der Waals surface area contributed by atoms with Crippen LogP contribution in [-0.4, -0.2) is 60.5 Å².